The van der Waals surface area contributed by atoms with Gasteiger partial charge in [-0.1, -0.05) is 48.5 Å². The van der Waals surface area contributed by atoms with Crippen molar-refractivity contribution in [3.05, 3.63) is 71.3 Å². The first-order chi connectivity index (χ1) is 14.1. The molecule has 2 aromatic rings. The van der Waals surface area contributed by atoms with Gasteiger partial charge in [-0.05, 0) is 48.8 Å². The smallest absolute Gasteiger partial charge is 0.260 e. The summed E-state index contributed by atoms with van der Waals surface area (Å²) in [4.78, 5) is 39.1. The summed E-state index contributed by atoms with van der Waals surface area (Å²) in [7, 11) is 0. The standard InChI is InChI=1S/C24H26N2O3/c27-22-14-20-8-4-5-9-21(20)24(29)26(22)16-18-10-12-19(13-11-18)23(28)25-15-17-6-2-1-3-7-17/h1-9,18-19H,10-16H2,(H,25,28). The molecular formula is C24H26N2O3. The predicted molar refractivity (Wildman–Crippen MR) is 110 cm³/mol. The van der Waals surface area contributed by atoms with Crippen LogP contribution in [0.2, 0.25) is 0 Å². The molecule has 5 nitrogen and oxygen atoms in total. The van der Waals surface area contributed by atoms with Gasteiger partial charge in [0.1, 0.15) is 0 Å². The lowest BCUT2D eigenvalue weighted by Gasteiger charge is -2.33. The predicted octanol–water partition coefficient (Wildman–Crippen LogP) is 3.33. The van der Waals surface area contributed by atoms with Crippen LogP contribution in [0.25, 0.3) is 0 Å². The number of amides is 3. The first-order valence-electron chi connectivity index (χ1n) is 10.4. The second-order valence-corrected chi connectivity index (χ2v) is 8.06. The minimum Gasteiger partial charge on any atom is -0.352 e. The molecule has 3 amide bonds. The van der Waals surface area contributed by atoms with Crippen LogP contribution in [0.1, 0.15) is 47.2 Å². The molecular weight excluding hydrogens is 364 g/mol. The van der Waals surface area contributed by atoms with Gasteiger partial charge in [0.2, 0.25) is 11.8 Å². The molecule has 29 heavy (non-hydrogen) atoms. The zero-order valence-corrected chi connectivity index (χ0v) is 16.5. The minimum absolute atomic E-state index is 0.0171. The van der Waals surface area contributed by atoms with Gasteiger partial charge in [0.15, 0.2) is 0 Å². The van der Waals surface area contributed by atoms with E-state index in [0.717, 1.165) is 36.8 Å². The summed E-state index contributed by atoms with van der Waals surface area (Å²) >= 11 is 0. The van der Waals surface area contributed by atoms with E-state index in [4.69, 9.17) is 0 Å². The van der Waals surface area contributed by atoms with E-state index in [2.05, 4.69) is 5.32 Å². The molecule has 0 atom stereocenters. The molecule has 0 bridgehead atoms. The molecule has 0 aromatic heterocycles. The molecule has 1 saturated carbocycles. The van der Waals surface area contributed by atoms with Crippen LogP contribution < -0.4 is 5.32 Å². The molecule has 0 spiro atoms. The monoisotopic (exact) mass is 390 g/mol. The zero-order valence-electron chi connectivity index (χ0n) is 16.5. The maximum absolute atomic E-state index is 12.7. The van der Waals surface area contributed by atoms with Gasteiger partial charge in [-0.15, -0.1) is 0 Å². The van der Waals surface area contributed by atoms with Gasteiger partial charge in [-0.2, -0.15) is 0 Å². The normalized spacial score (nSPS) is 21.6. The topological polar surface area (TPSA) is 66.5 Å². The average molecular weight is 390 g/mol. The van der Waals surface area contributed by atoms with Crippen LogP contribution in [0.5, 0.6) is 0 Å². The number of benzene rings is 2. The van der Waals surface area contributed by atoms with E-state index in [1.807, 2.05) is 48.5 Å². The van der Waals surface area contributed by atoms with Crippen molar-refractivity contribution in [3.63, 3.8) is 0 Å². The molecule has 0 saturated heterocycles. The summed E-state index contributed by atoms with van der Waals surface area (Å²) in [5, 5.41) is 3.03. The Labute approximate surface area is 171 Å². The molecule has 1 N–H and O–H groups in total. The van der Waals surface area contributed by atoms with Crippen LogP contribution in [0.15, 0.2) is 54.6 Å². The lowest BCUT2D eigenvalue weighted by molar-refractivity contribution is -0.130. The Morgan fingerprint density at radius 1 is 0.931 bits per heavy atom. The van der Waals surface area contributed by atoms with Gasteiger partial charge in [0, 0.05) is 24.6 Å². The third kappa shape index (κ3) is 4.39. The number of imide groups is 1. The van der Waals surface area contributed by atoms with Crippen LogP contribution in [0.4, 0.5) is 0 Å². The summed E-state index contributed by atoms with van der Waals surface area (Å²) in [6.45, 7) is 1.01. The number of nitrogens with one attached hydrogen (secondary N) is 1. The Bertz CT molecular complexity index is 901. The fraction of sp³-hybridized carbons (Fsp3) is 0.375. The van der Waals surface area contributed by atoms with E-state index < -0.39 is 0 Å². The van der Waals surface area contributed by atoms with Crippen LogP contribution in [0, 0.1) is 11.8 Å². The van der Waals surface area contributed by atoms with Gasteiger partial charge in [0.05, 0.1) is 6.42 Å². The number of hydrogen-bond acceptors (Lipinski definition) is 3. The Kier molecular flexibility index (Phi) is 5.74. The van der Waals surface area contributed by atoms with Crippen molar-refractivity contribution < 1.29 is 14.4 Å². The highest BCUT2D eigenvalue weighted by Gasteiger charge is 2.34. The van der Waals surface area contributed by atoms with Crippen molar-refractivity contribution in [2.24, 2.45) is 11.8 Å². The van der Waals surface area contributed by atoms with Crippen LogP contribution >= 0.6 is 0 Å². The highest BCUT2D eigenvalue weighted by Crippen LogP contribution is 2.31. The van der Waals surface area contributed by atoms with Gasteiger partial charge in [-0.25, -0.2) is 0 Å². The van der Waals surface area contributed by atoms with Crippen LogP contribution in [-0.4, -0.2) is 29.2 Å². The van der Waals surface area contributed by atoms with E-state index in [0.29, 0.717) is 25.1 Å². The first-order valence-corrected chi connectivity index (χ1v) is 10.4. The fourth-order valence-electron chi connectivity index (χ4n) is 4.38. The highest BCUT2D eigenvalue weighted by atomic mass is 16.2. The molecule has 5 heteroatoms. The lowest BCUT2D eigenvalue weighted by Crippen LogP contribution is -2.45. The summed E-state index contributed by atoms with van der Waals surface area (Å²) < 4.78 is 0. The Morgan fingerprint density at radius 3 is 2.38 bits per heavy atom. The number of carbonyl (C=O) groups excluding carboxylic acids is 3. The fourth-order valence-corrected chi connectivity index (χ4v) is 4.38. The largest absolute Gasteiger partial charge is 0.352 e. The van der Waals surface area contributed by atoms with Gasteiger partial charge in [0.25, 0.3) is 5.91 Å². The Morgan fingerprint density at radius 2 is 1.62 bits per heavy atom. The third-order valence-electron chi connectivity index (χ3n) is 6.10. The van der Waals surface area contributed by atoms with Crippen LogP contribution in [0.3, 0.4) is 0 Å². The van der Waals surface area contributed by atoms with E-state index >= 15 is 0 Å². The molecule has 1 heterocycles. The SMILES string of the molecule is O=C(NCc1ccccc1)C1CCC(CN2C(=O)Cc3ccccc3C2=O)CC1. The minimum atomic E-state index is -0.181. The zero-order chi connectivity index (χ0) is 20.2. The number of hydrogen-bond donors (Lipinski definition) is 1. The van der Waals surface area contributed by atoms with E-state index in [-0.39, 0.29) is 29.6 Å². The molecule has 150 valence electrons. The Balaban J connectivity index is 1.28. The number of rotatable bonds is 5. The highest BCUT2D eigenvalue weighted by molar-refractivity contribution is 6.09. The molecule has 2 aliphatic rings. The second-order valence-electron chi connectivity index (χ2n) is 8.06. The molecule has 4 rings (SSSR count). The Hall–Kier alpha value is -2.95. The number of carbonyl (C=O) groups is 3. The van der Waals surface area contributed by atoms with Crippen LogP contribution in [-0.2, 0) is 22.6 Å². The van der Waals surface area contributed by atoms with Gasteiger partial charge in [-0.3, -0.25) is 19.3 Å². The molecule has 1 fully saturated rings. The lowest BCUT2D eigenvalue weighted by atomic mass is 9.81. The summed E-state index contributed by atoms with van der Waals surface area (Å²) in [6.07, 6.45) is 3.62. The second kappa shape index (κ2) is 8.60. The quantitative estimate of drug-likeness (QED) is 0.797. The van der Waals surface area contributed by atoms with Crippen molar-refractivity contribution in [1.29, 1.82) is 0 Å². The summed E-state index contributed by atoms with van der Waals surface area (Å²) in [5.41, 5.74) is 2.55. The molecule has 0 unspecified atom stereocenters. The van der Waals surface area contributed by atoms with Crippen molar-refractivity contribution in [2.45, 2.75) is 38.6 Å². The first kappa shape index (κ1) is 19.4. The third-order valence-corrected chi connectivity index (χ3v) is 6.10. The van der Waals surface area contributed by atoms with Crippen molar-refractivity contribution in [2.75, 3.05) is 6.54 Å². The maximum Gasteiger partial charge on any atom is 0.260 e. The summed E-state index contributed by atoms with van der Waals surface area (Å²) in [6, 6.07) is 17.2. The number of fused-ring (bicyclic) bond motifs is 1. The van der Waals surface area contributed by atoms with Crippen molar-refractivity contribution >= 4 is 17.7 Å². The molecule has 1 aliphatic heterocycles. The summed E-state index contributed by atoms with van der Waals surface area (Å²) in [5.74, 6) is 0.0946. The van der Waals surface area contributed by atoms with Crippen molar-refractivity contribution in [3.8, 4) is 0 Å². The van der Waals surface area contributed by atoms with E-state index in [9.17, 15) is 14.4 Å². The average Bonchev–Trinajstić information content (AvgIpc) is 2.76. The maximum atomic E-state index is 12.7. The molecule has 2 aromatic carbocycles. The number of nitrogens with zero attached hydrogens (tertiary/aromatic N) is 1. The molecule has 0 radical (unpaired) electrons. The molecule has 1 aliphatic carbocycles. The van der Waals surface area contributed by atoms with Gasteiger partial charge >= 0.3 is 0 Å². The van der Waals surface area contributed by atoms with E-state index in [1.54, 1.807) is 6.07 Å². The van der Waals surface area contributed by atoms with Gasteiger partial charge < -0.3 is 5.32 Å². The van der Waals surface area contributed by atoms with E-state index in [1.165, 1.54) is 4.90 Å². The van der Waals surface area contributed by atoms with Crippen molar-refractivity contribution in [1.82, 2.24) is 10.2 Å².